The summed E-state index contributed by atoms with van der Waals surface area (Å²) in [6, 6.07) is 12.4. The van der Waals surface area contributed by atoms with Gasteiger partial charge < -0.3 is 9.64 Å². The lowest BCUT2D eigenvalue weighted by molar-refractivity contribution is -0.384. The molecule has 0 atom stereocenters. The van der Waals surface area contributed by atoms with Gasteiger partial charge in [-0.15, -0.1) is 0 Å². The zero-order valence-electron chi connectivity index (χ0n) is 14.8. The van der Waals surface area contributed by atoms with Gasteiger partial charge in [-0.05, 0) is 30.7 Å². The average molecular weight is 369 g/mol. The molecule has 1 heterocycles. The maximum absolute atomic E-state index is 13.2. The fourth-order valence-electron chi connectivity index (χ4n) is 3.01. The van der Waals surface area contributed by atoms with Gasteiger partial charge in [0.05, 0.1) is 17.7 Å². The van der Waals surface area contributed by atoms with Crippen molar-refractivity contribution < 1.29 is 19.2 Å². The molecule has 0 spiro atoms. The molecule has 8 heteroatoms. The second kappa shape index (κ2) is 7.86. The number of nitro benzene ring substituents is 1. The van der Waals surface area contributed by atoms with Crippen LogP contribution in [0.2, 0.25) is 0 Å². The summed E-state index contributed by atoms with van der Waals surface area (Å²) in [7, 11) is 1.51. The summed E-state index contributed by atoms with van der Waals surface area (Å²) in [5.41, 5.74) is 0.728. The monoisotopic (exact) mass is 369 g/mol. The average Bonchev–Trinajstić information content (AvgIpc) is 3.10. The van der Waals surface area contributed by atoms with E-state index in [4.69, 9.17) is 4.74 Å². The van der Waals surface area contributed by atoms with Crippen molar-refractivity contribution in [2.24, 2.45) is 0 Å². The summed E-state index contributed by atoms with van der Waals surface area (Å²) < 4.78 is 5.37. The second-order valence-corrected chi connectivity index (χ2v) is 6.11. The first-order valence-corrected chi connectivity index (χ1v) is 8.48. The summed E-state index contributed by atoms with van der Waals surface area (Å²) in [6.45, 7) is 0.674. The highest BCUT2D eigenvalue weighted by atomic mass is 16.6. The van der Waals surface area contributed by atoms with Crippen LogP contribution in [0.4, 0.5) is 11.4 Å². The van der Waals surface area contributed by atoms with Gasteiger partial charge in [-0.3, -0.25) is 24.6 Å². The smallest absolute Gasteiger partial charge is 0.269 e. The number of rotatable bonds is 6. The molecule has 2 aromatic rings. The van der Waals surface area contributed by atoms with Gasteiger partial charge in [0.25, 0.3) is 11.6 Å². The molecule has 2 aromatic carbocycles. The van der Waals surface area contributed by atoms with E-state index in [1.165, 1.54) is 36.3 Å². The van der Waals surface area contributed by atoms with Crippen LogP contribution in [0.3, 0.4) is 0 Å². The Morgan fingerprint density at radius 2 is 1.93 bits per heavy atom. The molecule has 1 fully saturated rings. The van der Waals surface area contributed by atoms with E-state index in [1.807, 2.05) is 0 Å². The largest absolute Gasteiger partial charge is 0.495 e. The van der Waals surface area contributed by atoms with Crippen molar-refractivity contribution in [1.82, 2.24) is 4.90 Å². The summed E-state index contributed by atoms with van der Waals surface area (Å²) in [4.78, 5) is 38.6. The molecule has 0 unspecified atom stereocenters. The first-order chi connectivity index (χ1) is 13.0. The number of hydrogen-bond donors (Lipinski definition) is 0. The molecular weight excluding hydrogens is 350 g/mol. The minimum absolute atomic E-state index is 0.00797. The van der Waals surface area contributed by atoms with Gasteiger partial charge in [-0.1, -0.05) is 12.1 Å². The van der Waals surface area contributed by atoms with Crippen molar-refractivity contribution in [1.29, 1.82) is 0 Å². The molecule has 0 aromatic heterocycles. The van der Waals surface area contributed by atoms with Crippen LogP contribution in [0.5, 0.6) is 5.75 Å². The van der Waals surface area contributed by atoms with Gasteiger partial charge in [-0.2, -0.15) is 0 Å². The summed E-state index contributed by atoms with van der Waals surface area (Å²) >= 11 is 0. The fourth-order valence-corrected chi connectivity index (χ4v) is 3.01. The zero-order chi connectivity index (χ0) is 19.4. The number of carbonyl (C=O) groups excluding carboxylic acids is 2. The Kier molecular flexibility index (Phi) is 5.35. The number of amides is 2. The van der Waals surface area contributed by atoms with E-state index in [0.717, 1.165) is 6.42 Å². The fraction of sp³-hybridized carbons (Fsp3) is 0.263. The molecule has 1 aliphatic rings. The molecule has 2 amide bonds. The molecule has 27 heavy (non-hydrogen) atoms. The number of carbonyl (C=O) groups is 2. The number of nitro groups is 1. The normalized spacial score (nSPS) is 13.5. The van der Waals surface area contributed by atoms with Crippen molar-refractivity contribution in [2.75, 3.05) is 25.2 Å². The molecule has 8 nitrogen and oxygen atoms in total. The lowest BCUT2D eigenvalue weighted by atomic mass is 10.1. The molecule has 3 rings (SSSR count). The van der Waals surface area contributed by atoms with Gasteiger partial charge in [0.2, 0.25) is 5.91 Å². The Morgan fingerprint density at radius 1 is 1.22 bits per heavy atom. The molecular formula is C19H19N3O5. The predicted molar refractivity (Wildman–Crippen MR) is 98.7 cm³/mol. The minimum atomic E-state index is -0.519. The Hall–Kier alpha value is -3.42. The van der Waals surface area contributed by atoms with Crippen molar-refractivity contribution in [3.8, 4) is 5.75 Å². The van der Waals surface area contributed by atoms with Crippen LogP contribution in [0.25, 0.3) is 0 Å². The van der Waals surface area contributed by atoms with Crippen LogP contribution in [-0.4, -0.2) is 42.0 Å². The molecule has 1 aliphatic heterocycles. The lowest BCUT2D eigenvalue weighted by Crippen LogP contribution is -2.42. The topological polar surface area (TPSA) is 93.0 Å². The Balaban J connectivity index is 1.96. The van der Waals surface area contributed by atoms with Crippen LogP contribution in [0.1, 0.15) is 23.2 Å². The maximum Gasteiger partial charge on any atom is 0.269 e. The molecule has 0 bridgehead atoms. The number of anilines is 1. The standard InChI is InChI=1S/C19H19N3O5/c1-27-17-6-3-2-5-16(17)21(13-20-12-4-7-18(20)23)19(24)14-8-10-15(11-9-14)22(25)26/h2-3,5-6,8-11H,4,7,12-13H2,1H3. The van der Waals surface area contributed by atoms with E-state index in [0.29, 0.717) is 24.4 Å². The number of methoxy groups -OCH3 is 1. The highest BCUT2D eigenvalue weighted by Crippen LogP contribution is 2.30. The third kappa shape index (κ3) is 3.89. The van der Waals surface area contributed by atoms with Gasteiger partial charge >= 0.3 is 0 Å². The highest BCUT2D eigenvalue weighted by Gasteiger charge is 2.28. The van der Waals surface area contributed by atoms with Crippen LogP contribution in [0.15, 0.2) is 48.5 Å². The van der Waals surface area contributed by atoms with Crippen molar-refractivity contribution in [3.63, 3.8) is 0 Å². The second-order valence-electron chi connectivity index (χ2n) is 6.11. The molecule has 140 valence electrons. The quantitative estimate of drug-likeness (QED) is 0.577. The number of ether oxygens (including phenoxy) is 1. The van der Waals surface area contributed by atoms with Crippen LogP contribution >= 0.6 is 0 Å². The van der Waals surface area contributed by atoms with E-state index >= 15 is 0 Å². The van der Waals surface area contributed by atoms with Crippen molar-refractivity contribution in [3.05, 3.63) is 64.2 Å². The highest BCUT2D eigenvalue weighted by molar-refractivity contribution is 6.07. The molecule has 0 radical (unpaired) electrons. The Labute approximate surface area is 156 Å². The third-order valence-electron chi connectivity index (χ3n) is 4.43. The van der Waals surface area contributed by atoms with Gasteiger partial charge in [0.1, 0.15) is 12.4 Å². The van der Waals surface area contributed by atoms with Crippen molar-refractivity contribution in [2.45, 2.75) is 12.8 Å². The van der Waals surface area contributed by atoms with E-state index in [9.17, 15) is 19.7 Å². The number of non-ortho nitro benzene ring substituents is 1. The maximum atomic E-state index is 13.2. The lowest BCUT2D eigenvalue weighted by Gasteiger charge is -2.29. The number of benzene rings is 2. The first kappa shape index (κ1) is 18.4. The summed E-state index contributed by atoms with van der Waals surface area (Å²) in [5.74, 6) is 0.125. The Bertz CT molecular complexity index is 866. The van der Waals surface area contributed by atoms with E-state index in [-0.39, 0.29) is 29.7 Å². The predicted octanol–water partition coefficient (Wildman–Crippen LogP) is 2.83. The van der Waals surface area contributed by atoms with Gasteiger partial charge in [-0.25, -0.2) is 0 Å². The van der Waals surface area contributed by atoms with Crippen LogP contribution in [-0.2, 0) is 4.79 Å². The minimum Gasteiger partial charge on any atom is -0.495 e. The molecule has 1 saturated heterocycles. The van der Waals surface area contributed by atoms with E-state index in [1.54, 1.807) is 29.2 Å². The van der Waals surface area contributed by atoms with Gasteiger partial charge in [0.15, 0.2) is 0 Å². The summed E-state index contributed by atoms with van der Waals surface area (Å²) in [6.07, 6.45) is 1.22. The van der Waals surface area contributed by atoms with Gasteiger partial charge in [0, 0.05) is 30.7 Å². The van der Waals surface area contributed by atoms with Crippen LogP contribution in [0, 0.1) is 10.1 Å². The summed E-state index contributed by atoms with van der Waals surface area (Å²) in [5, 5.41) is 10.8. The molecule has 0 saturated carbocycles. The molecule has 0 N–H and O–H groups in total. The number of hydrogen-bond acceptors (Lipinski definition) is 5. The first-order valence-electron chi connectivity index (χ1n) is 8.48. The molecule has 0 aliphatic carbocycles. The number of nitrogens with zero attached hydrogens (tertiary/aromatic N) is 3. The van der Waals surface area contributed by atoms with Crippen molar-refractivity contribution >= 4 is 23.2 Å². The van der Waals surface area contributed by atoms with E-state index < -0.39 is 4.92 Å². The van der Waals surface area contributed by atoms with E-state index in [2.05, 4.69) is 0 Å². The Morgan fingerprint density at radius 3 is 2.52 bits per heavy atom. The van der Waals surface area contributed by atoms with Crippen LogP contribution < -0.4 is 9.64 Å². The number of para-hydroxylation sites is 2. The third-order valence-corrected chi connectivity index (χ3v) is 4.43. The zero-order valence-corrected chi connectivity index (χ0v) is 14.8. The SMILES string of the molecule is COc1ccccc1N(CN1CCCC1=O)C(=O)c1ccc([N+](=O)[O-])cc1. The number of likely N-dealkylation sites (tertiary alicyclic amines) is 1.